The summed E-state index contributed by atoms with van der Waals surface area (Å²) in [7, 11) is 0. The monoisotopic (exact) mass is 296 g/mol. The molecule has 2 aromatic rings. The molecule has 0 saturated heterocycles. The van der Waals surface area contributed by atoms with Gasteiger partial charge >= 0.3 is 6.01 Å². The molecule has 1 N–H and O–H groups in total. The van der Waals surface area contributed by atoms with E-state index in [4.69, 9.17) is 16.3 Å². The molecule has 2 rings (SSSR count). The third kappa shape index (κ3) is 4.65. The minimum Gasteiger partial charge on any atom is -0.463 e. The second-order valence-corrected chi connectivity index (χ2v) is 4.48. The van der Waals surface area contributed by atoms with E-state index in [-0.39, 0.29) is 11.3 Å². The van der Waals surface area contributed by atoms with Crippen molar-refractivity contribution in [3.05, 3.63) is 24.0 Å². The third-order valence-corrected chi connectivity index (χ3v) is 2.63. The molecule has 0 fully saturated rings. The molecular weight excluding hydrogens is 280 g/mol. The summed E-state index contributed by atoms with van der Waals surface area (Å²) in [6.45, 7) is 4.18. The van der Waals surface area contributed by atoms with Gasteiger partial charge in [-0.3, -0.25) is 0 Å². The fourth-order valence-corrected chi connectivity index (χ4v) is 1.70. The van der Waals surface area contributed by atoms with Gasteiger partial charge in [-0.15, -0.1) is 0 Å². The Morgan fingerprint density at radius 2 is 2.25 bits per heavy atom. The minimum atomic E-state index is 0.128. The lowest BCUT2D eigenvalue weighted by Crippen LogP contribution is -2.10. The predicted octanol–water partition coefficient (Wildman–Crippen LogP) is 2.01. The standard InChI is InChI=1S/C12H17ClN6O/c1-2-8-20-12-17-10(13)16-11(18-12)15-4-3-6-19-7-5-14-9-19/h5,7,9H,2-4,6,8H2,1H3,(H,15,16,17,18). The fourth-order valence-electron chi connectivity index (χ4n) is 1.55. The molecule has 0 aliphatic carbocycles. The highest BCUT2D eigenvalue weighted by molar-refractivity contribution is 6.28. The quantitative estimate of drug-likeness (QED) is 0.751. The van der Waals surface area contributed by atoms with Crippen molar-refractivity contribution in [3.8, 4) is 6.01 Å². The first-order valence-corrected chi connectivity index (χ1v) is 6.89. The first kappa shape index (κ1) is 14.5. The molecule has 0 saturated carbocycles. The number of rotatable bonds is 8. The summed E-state index contributed by atoms with van der Waals surface area (Å²) < 4.78 is 7.35. The number of halogens is 1. The first-order chi connectivity index (χ1) is 9.78. The zero-order valence-electron chi connectivity index (χ0n) is 11.3. The molecule has 7 nitrogen and oxygen atoms in total. The number of aryl methyl sites for hydroxylation is 1. The summed E-state index contributed by atoms with van der Waals surface area (Å²) in [4.78, 5) is 16.1. The van der Waals surface area contributed by atoms with Gasteiger partial charge in [-0.25, -0.2) is 4.98 Å². The van der Waals surface area contributed by atoms with Crippen molar-refractivity contribution in [1.29, 1.82) is 0 Å². The molecule has 2 heterocycles. The first-order valence-electron chi connectivity index (χ1n) is 6.52. The summed E-state index contributed by atoms with van der Waals surface area (Å²) in [6, 6.07) is 0.254. The van der Waals surface area contributed by atoms with E-state index in [2.05, 4.69) is 25.3 Å². The molecule has 0 bridgehead atoms. The number of hydrogen-bond donors (Lipinski definition) is 1. The molecule has 0 spiro atoms. The van der Waals surface area contributed by atoms with Crippen LogP contribution in [0.5, 0.6) is 6.01 Å². The topological polar surface area (TPSA) is 77.8 Å². The molecule has 0 amide bonds. The van der Waals surface area contributed by atoms with Crippen LogP contribution in [0.15, 0.2) is 18.7 Å². The van der Waals surface area contributed by atoms with Crippen molar-refractivity contribution < 1.29 is 4.74 Å². The Morgan fingerprint density at radius 3 is 3.00 bits per heavy atom. The highest BCUT2D eigenvalue weighted by Gasteiger charge is 2.05. The van der Waals surface area contributed by atoms with E-state index in [1.807, 2.05) is 17.7 Å². The van der Waals surface area contributed by atoms with E-state index in [0.29, 0.717) is 12.6 Å². The maximum atomic E-state index is 5.83. The molecule has 0 aromatic carbocycles. The number of nitrogens with zero attached hydrogens (tertiary/aromatic N) is 5. The summed E-state index contributed by atoms with van der Waals surface area (Å²) in [5, 5.41) is 3.23. The van der Waals surface area contributed by atoms with Crippen LogP contribution < -0.4 is 10.1 Å². The van der Waals surface area contributed by atoms with Crippen LogP contribution in [0.3, 0.4) is 0 Å². The van der Waals surface area contributed by atoms with Crippen LogP contribution in [0.4, 0.5) is 5.95 Å². The van der Waals surface area contributed by atoms with Crippen molar-refractivity contribution in [2.45, 2.75) is 26.3 Å². The fraction of sp³-hybridized carbons (Fsp3) is 0.500. The number of anilines is 1. The zero-order chi connectivity index (χ0) is 14.2. The molecule has 8 heteroatoms. The van der Waals surface area contributed by atoms with Gasteiger partial charge in [-0.05, 0) is 24.4 Å². The van der Waals surface area contributed by atoms with Crippen LogP contribution in [-0.4, -0.2) is 37.7 Å². The maximum absolute atomic E-state index is 5.83. The van der Waals surface area contributed by atoms with Crippen molar-refractivity contribution in [2.24, 2.45) is 0 Å². The predicted molar refractivity (Wildman–Crippen MR) is 76.0 cm³/mol. The lowest BCUT2D eigenvalue weighted by Gasteiger charge is -2.07. The maximum Gasteiger partial charge on any atom is 0.322 e. The highest BCUT2D eigenvalue weighted by atomic mass is 35.5. The Balaban J connectivity index is 1.80. The Kier molecular flexibility index (Phi) is 5.55. The molecule has 20 heavy (non-hydrogen) atoms. The van der Waals surface area contributed by atoms with E-state index < -0.39 is 0 Å². The van der Waals surface area contributed by atoms with E-state index >= 15 is 0 Å². The molecule has 0 unspecified atom stereocenters. The van der Waals surface area contributed by atoms with Crippen molar-refractivity contribution in [1.82, 2.24) is 24.5 Å². The lowest BCUT2D eigenvalue weighted by atomic mass is 10.4. The van der Waals surface area contributed by atoms with Gasteiger partial charge in [0.25, 0.3) is 0 Å². The number of nitrogens with one attached hydrogen (secondary N) is 1. The van der Waals surface area contributed by atoms with E-state index in [1.165, 1.54) is 0 Å². The Morgan fingerprint density at radius 1 is 1.35 bits per heavy atom. The smallest absolute Gasteiger partial charge is 0.322 e. The van der Waals surface area contributed by atoms with Crippen LogP contribution >= 0.6 is 11.6 Å². The summed E-state index contributed by atoms with van der Waals surface area (Å²) in [6.07, 6.45) is 7.28. The number of aromatic nitrogens is 5. The van der Waals surface area contributed by atoms with Gasteiger partial charge in [0.05, 0.1) is 12.9 Å². The molecular formula is C12H17ClN6O. The molecule has 0 radical (unpaired) electrons. The second-order valence-electron chi connectivity index (χ2n) is 4.14. The van der Waals surface area contributed by atoms with Crippen LogP contribution in [0.25, 0.3) is 0 Å². The Bertz CT molecular complexity index is 519. The van der Waals surface area contributed by atoms with E-state index in [1.54, 1.807) is 12.5 Å². The normalized spacial score (nSPS) is 10.5. The summed E-state index contributed by atoms with van der Waals surface area (Å²) >= 11 is 5.83. The van der Waals surface area contributed by atoms with Crippen molar-refractivity contribution in [2.75, 3.05) is 18.5 Å². The van der Waals surface area contributed by atoms with Crippen molar-refractivity contribution >= 4 is 17.5 Å². The molecule has 0 aliphatic heterocycles. The van der Waals surface area contributed by atoms with Gasteiger partial charge < -0.3 is 14.6 Å². The summed E-state index contributed by atoms with van der Waals surface area (Å²) in [5.74, 6) is 0.432. The molecule has 2 aromatic heterocycles. The minimum absolute atomic E-state index is 0.128. The van der Waals surface area contributed by atoms with Crippen LogP contribution in [0.2, 0.25) is 5.28 Å². The van der Waals surface area contributed by atoms with E-state index in [9.17, 15) is 0 Å². The van der Waals surface area contributed by atoms with Gasteiger partial charge in [0.15, 0.2) is 0 Å². The van der Waals surface area contributed by atoms with Crippen LogP contribution in [-0.2, 0) is 6.54 Å². The second kappa shape index (κ2) is 7.64. The number of imidazole rings is 1. The van der Waals surface area contributed by atoms with Crippen molar-refractivity contribution in [3.63, 3.8) is 0 Å². The van der Waals surface area contributed by atoms with Gasteiger partial charge in [-0.2, -0.15) is 15.0 Å². The lowest BCUT2D eigenvalue weighted by molar-refractivity contribution is 0.291. The van der Waals surface area contributed by atoms with Gasteiger partial charge in [0, 0.05) is 25.5 Å². The zero-order valence-corrected chi connectivity index (χ0v) is 12.0. The molecule has 108 valence electrons. The Labute approximate surface area is 122 Å². The van der Waals surface area contributed by atoms with E-state index in [0.717, 1.165) is 25.9 Å². The number of hydrogen-bond acceptors (Lipinski definition) is 6. The molecule has 0 aliphatic rings. The third-order valence-electron chi connectivity index (χ3n) is 2.46. The largest absolute Gasteiger partial charge is 0.463 e. The van der Waals surface area contributed by atoms with Gasteiger partial charge in [0.1, 0.15) is 0 Å². The van der Waals surface area contributed by atoms with Gasteiger partial charge in [-0.1, -0.05) is 6.92 Å². The molecule has 0 atom stereocenters. The number of ether oxygens (including phenoxy) is 1. The average Bonchev–Trinajstić information content (AvgIpc) is 2.94. The SMILES string of the molecule is CCCOc1nc(Cl)nc(NCCCn2ccnc2)n1. The van der Waals surface area contributed by atoms with Crippen LogP contribution in [0, 0.1) is 0 Å². The van der Waals surface area contributed by atoms with Gasteiger partial charge in [0.2, 0.25) is 11.2 Å². The summed E-state index contributed by atoms with van der Waals surface area (Å²) in [5.41, 5.74) is 0. The Hall–Kier alpha value is -1.89. The van der Waals surface area contributed by atoms with Crippen LogP contribution in [0.1, 0.15) is 19.8 Å². The average molecular weight is 297 g/mol. The highest BCUT2D eigenvalue weighted by Crippen LogP contribution is 2.11.